The molecule has 0 spiro atoms. The van der Waals surface area contributed by atoms with E-state index in [1.54, 1.807) is 0 Å². The Labute approximate surface area is 368 Å². The van der Waals surface area contributed by atoms with E-state index in [-0.39, 0.29) is 26.1 Å². The molecule has 1 unspecified atom stereocenters. The van der Waals surface area contributed by atoms with Crippen molar-refractivity contribution in [1.82, 2.24) is 0 Å². The van der Waals surface area contributed by atoms with Crippen LogP contribution in [0.3, 0.4) is 0 Å². The molecule has 0 fully saturated rings. The smallest absolute Gasteiger partial charge is 0.306 e. The molecule has 0 aliphatic carbocycles. The molecule has 0 saturated carbocycles. The molecule has 0 radical (unpaired) electrons. The van der Waals surface area contributed by atoms with Gasteiger partial charge in [-0.1, -0.05) is 157 Å². The number of quaternary nitrogens is 1. The van der Waals surface area contributed by atoms with Gasteiger partial charge in [-0.3, -0.25) is 14.2 Å². The highest BCUT2D eigenvalue weighted by Crippen LogP contribution is 2.38. The van der Waals surface area contributed by atoms with Gasteiger partial charge in [-0.05, 0) is 83.5 Å². The number of ether oxygens (including phenoxy) is 2. The summed E-state index contributed by atoms with van der Waals surface area (Å²) in [7, 11) is 1.11. The maximum Gasteiger partial charge on any atom is 0.306 e. The van der Waals surface area contributed by atoms with Gasteiger partial charge in [0.05, 0.1) is 27.7 Å². The second-order valence-corrected chi connectivity index (χ2v) is 18.2. The first-order chi connectivity index (χ1) is 29.0. The van der Waals surface area contributed by atoms with Crippen LogP contribution in [0, 0.1) is 0 Å². The van der Waals surface area contributed by atoms with Gasteiger partial charge < -0.3 is 27.9 Å². The van der Waals surface area contributed by atoms with E-state index in [0.29, 0.717) is 23.9 Å². The van der Waals surface area contributed by atoms with Crippen molar-refractivity contribution in [1.29, 1.82) is 0 Å². The Bertz CT molecular complexity index is 1250. The van der Waals surface area contributed by atoms with Crippen molar-refractivity contribution >= 4 is 19.8 Å². The lowest BCUT2D eigenvalue weighted by molar-refractivity contribution is -0.870. The van der Waals surface area contributed by atoms with E-state index < -0.39 is 32.5 Å². The normalized spacial score (nSPS) is 14.2. The van der Waals surface area contributed by atoms with Gasteiger partial charge in [-0.15, -0.1) is 0 Å². The average molecular weight is 862 g/mol. The molecular formula is C50H88NO8P. The van der Waals surface area contributed by atoms with Crippen LogP contribution in [0.1, 0.15) is 181 Å². The molecule has 0 bridgehead atoms. The molecule has 0 aromatic rings. The van der Waals surface area contributed by atoms with E-state index >= 15 is 0 Å². The number of carbonyl (C=O) groups is 2. The van der Waals surface area contributed by atoms with Crippen molar-refractivity contribution in [3.63, 3.8) is 0 Å². The first-order valence-electron chi connectivity index (χ1n) is 23.6. The minimum Gasteiger partial charge on any atom is -0.756 e. The Morgan fingerprint density at radius 1 is 0.517 bits per heavy atom. The third-order valence-corrected chi connectivity index (χ3v) is 10.7. The van der Waals surface area contributed by atoms with E-state index in [9.17, 15) is 19.0 Å². The van der Waals surface area contributed by atoms with Gasteiger partial charge in [0.15, 0.2) is 6.10 Å². The lowest BCUT2D eigenvalue weighted by atomic mass is 10.1. The molecule has 0 N–H and O–H groups in total. The molecule has 0 amide bonds. The fraction of sp³-hybridized carbons (Fsp3) is 0.720. The zero-order chi connectivity index (χ0) is 44.3. The molecular weight excluding hydrogens is 774 g/mol. The van der Waals surface area contributed by atoms with Crippen LogP contribution in [0.15, 0.2) is 72.9 Å². The highest BCUT2D eigenvalue weighted by Gasteiger charge is 2.21. The van der Waals surface area contributed by atoms with Gasteiger partial charge in [-0.25, -0.2) is 0 Å². The molecule has 9 nitrogen and oxygen atoms in total. The molecule has 0 aromatic heterocycles. The number of phosphoric ester groups is 1. The highest BCUT2D eigenvalue weighted by atomic mass is 31.2. The number of carbonyl (C=O) groups excluding carboxylic acids is 2. The number of unbranched alkanes of at least 4 members (excludes halogenated alkanes) is 16. The molecule has 0 aliphatic heterocycles. The third kappa shape index (κ3) is 45.0. The van der Waals surface area contributed by atoms with E-state index in [1.807, 2.05) is 21.1 Å². The van der Waals surface area contributed by atoms with E-state index in [4.69, 9.17) is 18.5 Å². The van der Waals surface area contributed by atoms with Crippen LogP contribution >= 0.6 is 7.82 Å². The van der Waals surface area contributed by atoms with Crippen LogP contribution < -0.4 is 4.89 Å². The number of esters is 2. The summed E-state index contributed by atoms with van der Waals surface area (Å²) < 4.78 is 33.8. The van der Waals surface area contributed by atoms with Crippen molar-refractivity contribution in [2.75, 3.05) is 47.5 Å². The summed E-state index contributed by atoms with van der Waals surface area (Å²) >= 11 is 0. The van der Waals surface area contributed by atoms with Crippen LogP contribution in [0.4, 0.5) is 0 Å². The third-order valence-electron chi connectivity index (χ3n) is 9.70. The van der Waals surface area contributed by atoms with Crippen LogP contribution in [0.25, 0.3) is 0 Å². The van der Waals surface area contributed by atoms with E-state index in [0.717, 1.165) is 51.4 Å². The molecule has 0 aromatic carbocycles. The summed E-state index contributed by atoms with van der Waals surface area (Å²) in [6.45, 7) is 4.11. The second-order valence-electron chi connectivity index (χ2n) is 16.8. The summed E-state index contributed by atoms with van der Waals surface area (Å²) in [5.41, 5.74) is 0. The van der Waals surface area contributed by atoms with Crippen LogP contribution in [0.2, 0.25) is 0 Å². The van der Waals surface area contributed by atoms with Crippen molar-refractivity contribution in [2.24, 2.45) is 0 Å². The van der Waals surface area contributed by atoms with Gasteiger partial charge in [0.1, 0.15) is 19.8 Å². The minimum absolute atomic E-state index is 0.0484. The van der Waals surface area contributed by atoms with Gasteiger partial charge in [0.25, 0.3) is 7.82 Å². The SMILES string of the molecule is CCCCCCCC/C=C/C/C=C/CCCCC(=O)O[C@@H](COC(=O)CCC/C=C/C/C=C/C/C=C/C/C=C/CCCCCCCCC)COP(=O)([O-])OCC[N+](C)(C)C. The maximum atomic E-state index is 12.7. The summed E-state index contributed by atoms with van der Waals surface area (Å²) in [6, 6.07) is 0. The summed E-state index contributed by atoms with van der Waals surface area (Å²) in [4.78, 5) is 37.5. The molecule has 10 heteroatoms. The number of allylic oxidation sites excluding steroid dienone is 12. The molecule has 2 atom stereocenters. The molecule has 60 heavy (non-hydrogen) atoms. The Hall–Kier alpha value is -2.55. The van der Waals surface area contributed by atoms with Crippen molar-refractivity contribution in [3.8, 4) is 0 Å². The lowest BCUT2D eigenvalue weighted by Crippen LogP contribution is -2.37. The summed E-state index contributed by atoms with van der Waals surface area (Å²) in [5.74, 6) is -0.943. The quantitative estimate of drug-likeness (QED) is 0.0196. The van der Waals surface area contributed by atoms with E-state index in [1.165, 1.54) is 89.9 Å². The lowest BCUT2D eigenvalue weighted by Gasteiger charge is -2.28. The molecule has 0 aliphatic rings. The first-order valence-corrected chi connectivity index (χ1v) is 25.1. The number of rotatable bonds is 42. The predicted octanol–water partition coefficient (Wildman–Crippen LogP) is 13.2. The number of hydrogen-bond acceptors (Lipinski definition) is 8. The van der Waals surface area contributed by atoms with E-state index in [2.05, 4.69) is 86.8 Å². The summed E-state index contributed by atoms with van der Waals surface area (Å²) in [6.07, 6.45) is 52.3. The molecule has 0 heterocycles. The highest BCUT2D eigenvalue weighted by molar-refractivity contribution is 7.45. The monoisotopic (exact) mass is 862 g/mol. The second kappa shape index (κ2) is 41.8. The Morgan fingerprint density at radius 2 is 0.917 bits per heavy atom. The topological polar surface area (TPSA) is 111 Å². The van der Waals surface area contributed by atoms with Crippen molar-refractivity contribution in [3.05, 3.63) is 72.9 Å². The number of likely N-dealkylation sites (N-methyl/N-ethyl adjacent to an activating group) is 1. The number of nitrogens with zero attached hydrogens (tertiary/aromatic N) is 1. The maximum absolute atomic E-state index is 12.7. The van der Waals surface area contributed by atoms with Gasteiger partial charge in [-0.2, -0.15) is 0 Å². The van der Waals surface area contributed by atoms with Crippen molar-refractivity contribution in [2.45, 2.75) is 187 Å². The van der Waals surface area contributed by atoms with Crippen LogP contribution in [0.5, 0.6) is 0 Å². The predicted molar refractivity (Wildman–Crippen MR) is 249 cm³/mol. The van der Waals surface area contributed by atoms with Gasteiger partial charge in [0, 0.05) is 12.8 Å². The molecule has 0 saturated heterocycles. The Balaban J connectivity index is 4.46. The first kappa shape index (κ1) is 57.4. The van der Waals surface area contributed by atoms with Gasteiger partial charge >= 0.3 is 11.9 Å². The fourth-order valence-electron chi connectivity index (χ4n) is 5.97. The Kier molecular flexibility index (Phi) is 40.0. The number of phosphoric acid groups is 1. The standard InChI is InChI=1S/C50H88NO8P/c1-6-8-10-12-14-16-18-20-22-23-24-25-26-27-29-30-32-34-36-38-40-42-49(52)56-46-48(47-58-60(54,55)57-45-44-51(3,4)5)59-50(53)43-41-39-37-35-33-31-28-21-19-17-15-13-11-9-7-2/h21-23,25-26,28-30,33-36,48H,6-20,24,27,31-32,37-47H2,1-5H3/b23-22+,26-25+,28-21+,30-29+,35-33+,36-34+/t48-/m0/s1. The zero-order valence-electron chi connectivity index (χ0n) is 38.9. The minimum atomic E-state index is -4.65. The van der Waals surface area contributed by atoms with Crippen LogP contribution in [-0.2, 0) is 32.7 Å². The van der Waals surface area contributed by atoms with Crippen LogP contribution in [-0.4, -0.2) is 70.0 Å². The average Bonchev–Trinajstić information content (AvgIpc) is 3.20. The molecule has 346 valence electrons. The number of hydrogen-bond donors (Lipinski definition) is 0. The largest absolute Gasteiger partial charge is 0.756 e. The zero-order valence-corrected chi connectivity index (χ0v) is 39.8. The Morgan fingerprint density at radius 3 is 1.38 bits per heavy atom. The van der Waals surface area contributed by atoms with Gasteiger partial charge in [0.2, 0.25) is 0 Å². The molecule has 0 rings (SSSR count). The summed E-state index contributed by atoms with van der Waals surface area (Å²) in [5, 5.41) is 0. The van der Waals surface area contributed by atoms with Crippen molar-refractivity contribution < 1.29 is 42.1 Å². The fourth-order valence-corrected chi connectivity index (χ4v) is 6.70.